The molecule has 5 nitrogen and oxygen atoms in total. The molecular formula is C19H29NO4. The molecule has 0 aliphatic carbocycles. The molecule has 0 saturated carbocycles. The molecule has 1 aromatic heterocycles. The van der Waals surface area contributed by atoms with E-state index in [2.05, 4.69) is 11.9 Å². The first-order chi connectivity index (χ1) is 11.4. The molecule has 1 rings (SSSR count). The van der Waals surface area contributed by atoms with Crippen LogP contribution in [0.4, 0.5) is 0 Å². The van der Waals surface area contributed by atoms with Crippen LogP contribution in [0, 0.1) is 11.8 Å². The largest absolute Gasteiger partial charge is 0.461 e. The summed E-state index contributed by atoms with van der Waals surface area (Å²) in [5.41, 5.74) is 0.263. The highest BCUT2D eigenvalue weighted by molar-refractivity contribution is 5.91. The second kappa shape index (κ2) is 10.1. The first-order valence-corrected chi connectivity index (χ1v) is 8.74. The summed E-state index contributed by atoms with van der Waals surface area (Å²) in [5, 5.41) is 0. The van der Waals surface area contributed by atoms with Gasteiger partial charge in [-0.25, -0.2) is 14.6 Å². The van der Waals surface area contributed by atoms with Gasteiger partial charge in [0.2, 0.25) is 0 Å². The van der Waals surface area contributed by atoms with Crippen molar-refractivity contribution in [3.8, 4) is 0 Å². The van der Waals surface area contributed by atoms with Crippen LogP contribution in [0.15, 0.2) is 18.2 Å². The van der Waals surface area contributed by atoms with Gasteiger partial charge in [0.1, 0.15) is 17.5 Å². The molecule has 0 saturated heterocycles. The van der Waals surface area contributed by atoms with E-state index in [0.29, 0.717) is 12.5 Å². The molecule has 1 aromatic rings. The molecule has 0 spiro atoms. The van der Waals surface area contributed by atoms with Crippen LogP contribution in [0.3, 0.4) is 0 Å². The molecule has 134 valence electrons. The van der Waals surface area contributed by atoms with E-state index >= 15 is 0 Å². The highest BCUT2D eigenvalue weighted by atomic mass is 16.5. The molecule has 0 radical (unpaired) electrons. The molecule has 0 fully saturated rings. The van der Waals surface area contributed by atoms with Gasteiger partial charge >= 0.3 is 11.9 Å². The molecule has 2 unspecified atom stereocenters. The topological polar surface area (TPSA) is 65.5 Å². The lowest BCUT2D eigenvalue weighted by molar-refractivity contribution is 0.0150. The van der Waals surface area contributed by atoms with Crippen LogP contribution in [0.1, 0.15) is 74.9 Å². The molecule has 24 heavy (non-hydrogen) atoms. The summed E-state index contributed by atoms with van der Waals surface area (Å²) in [6, 6.07) is 4.71. The number of carbonyl (C=O) groups excluding carboxylic acids is 2. The van der Waals surface area contributed by atoms with Gasteiger partial charge in [-0.2, -0.15) is 0 Å². The van der Waals surface area contributed by atoms with Gasteiger partial charge in [0.05, 0.1) is 6.61 Å². The lowest BCUT2D eigenvalue weighted by Crippen LogP contribution is -2.24. The second-order valence-electron chi connectivity index (χ2n) is 6.50. The average molecular weight is 335 g/mol. The van der Waals surface area contributed by atoms with Gasteiger partial charge in [0.25, 0.3) is 0 Å². The molecule has 1 heterocycles. The molecule has 5 heteroatoms. The Hall–Kier alpha value is -1.91. The number of pyridine rings is 1. The number of hydrogen-bond donors (Lipinski definition) is 0. The van der Waals surface area contributed by atoms with E-state index in [0.717, 1.165) is 19.3 Å². The number of rotatable bonds is 9. The van der Waals surface area contributed by atoms with Crippen molar-refractivity contribution >= 4 is 11.9 Å². The Morgan fingerprint density at radius 1 is 1.08 bits per heavy atom. The van der Waals surface area contributed by atoms with E-state index in [1.807, 2.05) is 27.7 Å². The fraction of sp³-hybridized carbons (Fsp3) is 0.632. The number of aromatic nitrogens is 1. The van der Waals surface area contributed by atoms with Gasteiger partial charge in [0.15, 0.2) is 0 Å². The fourth-order valence-electron chi connectivity index (χ4n) is 2.08. The van der Waals surface area contributed by atoms with Gasteiger partial charge in [-0.3, -0.25) is 0 Å². The Labute approximate surface area is 144 Å². The SMILES string of the molecule is CCCC(OC(=O)c1cccc(C(=O)OCC(C)CC)n1)C(C)C. The van der Waals surface area contributed by atoms with E-state index in [1.165, 1.54) is 0 Å². The zero-order chi connectivity index (χ0) is 18.1. The molecule has 0 N–H and O–H groups in total. The predicted octanol–water partition coefficient (Wildman–Crippen LogP) is 4.27. The van der Waals surface area contributed by atoms with Crippen LogP contribution in [-0.4, -0.2) is 29.6 Å². The zero-order valence-corrected chi connectivity index (χ0v) is 15.4. The van der Waals surface area contributed by atoms with Crippen molar-refractivity contribution in [2.75, 3.05) is 6.61 Å². The third-order valence-electron chi connectivity index (χ3n) is 3.94. The first kappa shape index (κ1) is 20.1. The lowest BCUT2D eigenvalue weighted by atomic mass is 10.0. The van der Waals surface area contributed by atoms with Crippen molar-refractivity contribution in [3.05, 3.63) is 29.6 Å². The Morgan fingerprint density at radius 2 is 1.71 bits per heavy atom. The van der Waals surface area contributed by atoms with Crippen LogP contribution < -0.4 is 0 Å². The van der Waals surface area contributed by atoms with Crippen LogP contribution in [-0.2, 0) is 9.47 Å². The van der Waals surface area contributed by atoms with E-state index in [1.54, 1.807) is 18.2 Å². The van der Waals surface area contributed by atoms with E-state index in [-0.39, 0.29) is 23.4 Å². The van der Waals surface area contributed by atoms with Gasteiger partial charge in [-0.15, -0.1) is 0 Å². The molecule has 0 aromatic carbocycles. The number of carbonyl (C=O) groups is 2. The molecule has 0 aliphatic heterocycles. The summed E-state index contributed by atoms with van der Waals surface area (Å²) in [7, 11) is 0. The van der Waals surface area contributed by atoms with Crippen molar-refractivity contribution in [1.82, 2.24) is 4.98 Å². The highest BCUT2D eigenvalue weighted by Gasteiger charge is 2.21. The quantitative estimate of drug-likeness (QED) is 0.631. The summed E-state index contributed by atoms with van der Waals surface area (Å²) >= 11 is 0. The summed E-state index contributed by atoms with van der Waals surface area (Å²) in [6.07, 6.45) is 2.53. The van der Waals surface area contributed by atoms with Crippen LogP contribution in [0.2, 0.25) is 0 Å². The normalized spacial score (nSPS) is 13.4. The molecule has 2 atom stereocenters. The average Bonchev–Trinajstić information content (AvgIpc) is 2.58. The molecular weight excluding hydrogens is 306 g/mol. The summed E-state index contributed by atoms with van der Waals surface area (Å²) in [5.74, 6) is -0.488. The van der Waals surface area contributed by atoms with Gasteiger partial charge < -0.3 is 9.47 Å². The maximum atomic E-state index is 12.3. The number of nitrogens with zero attached hydrogens (tertiary/aromatic N) is 1. The van der Waals surface area contributed by atoms with E-state index in [9.17, 15) is 9.59 Å². The minimum atomic E-state index is -0.515. The van der Waals surface area contributed by atoms with Gasteiger partial charge in [-0.1, -0.05) is 53.5 Å². The molecule has 0 bridgehead atoms. The number of esters is 2. The van der Waals surface area contributed by atoms with Crippen molar-refractivity contribution in [2.45, 2.75) is 60.0 Å². The Morgan fingerprint density at radius 3 is 2.25 bits per heavy atom. The third-order valence-corrected chi connectivity index (χ3v) is 3.94. The minimum absolute atomic E-state index is 0.129. The first-order valence-electron chi connectivity index (χ1n) is 8.74. The van der Waals surface area contributed by atoms with E-state index in [4.69, 9.17) is 9.47 Å². The maximum Gasteiger partial charge on any atom is 0.357 e. The van der Waals surface area contributed by atoms with Crippen molar-refractivity contribution in [2.24, 2.45) is 11.8 Å². The summed E-state index contributed by atoms with van der Waals surface area (Å²) in [6.45, 7) is 10.5. The maximum absolute atomic E-state index is 12.3. The van der Waals surface area contributed by atoms with Crippen LogP contribution in [0.25, 0.3) is 0 Å². The summed E-state index contributed by atoms with van der Waals surface area (Å²) in [4.78, 5) is 28.4. The summed E-state index contributed by atoms with van der Waals surface area (Å²) < 4.78 is 10.8. The van der Waals surface area contributed by atoms with E-state index < -0.39 is 11.9 Å². The third kappa shape index (κ3) is 6.30. The van der Waals surface area contributed by atoms with Gasteiger partial charge in [-0.05, 0) is 30.4 Å². The smallest absolute Gasteiger partial charge is 0.357 e. The van der Waals surface area contributed by atoms with Crippen molar-refractivity contribution in [3.63, 3.8) is 0 Å². The zero-order valence-electron chi connectivity index (χ0n) is 15.4. The molecule has 0 aliphatic rings. The Kier molecular flexibility index (Phi) is 8.44. The Bertz CT molecular complexity index is 542. The predicted molar refractivity (Wildman–Crippen MR) is 92.9 cm³/mol. The van der Waals surface area contributed by atoms with Crippen molar-refractivity contribution < 1.29 is 19.1 Å². The lowest BCUT2D eigenvalue weighted by Gasteiger charge is -2.20. The number of ether oxygens (including phenoxy) is 2. The Balaban J connectivity index is 2.76. The number of hydrogen-bond acceptors (Lipinski definition) is 5. The fourth-order valence-corrected chi connectivity index (χ4v) is 2.08. The minimum Gasteiger partial charge on any atom is -0.461 e. The van der Waals surface area contributed by atoms with Crippen molar-refractivity contribution in [1.29, 1.82) is 0 Å². The molecule has 0 amide bonds. The monoisotopic (exact) mass is 335 g/mol. The van der Waals surface area contributed by atoms with Gasteiger partial charge in [0, 0.05) is 0 Å². The standard InChI is InChI=1S/C19H29NO4/c1-6-9-17(13(3)4)24-19(22)16-11-8-10-15(20-16)18(21)23-12-14(5)7-2/h8,10-11,13-14,17H,6-7,9,12H2,1-5H3. The van der Waals surface area contributed by atoms with Crippen LogP contribution >= 0.6 is 0 Å². The van der Waals surface area contributed by atoms with Crippen LogP contribution in [0.5, 0.6) is 0 Å². The highest BCUT2D eigenvalue weighted by Crippen LogP contribution is 2.15. The second-order valence-corrected chi connectivity index (χ2v) is 6.50.